The lowest BCUT2D eigenvalue weighted by Gasteiger charge is -2.24. The van der Waals surface area contributed by atoms with E-state index >= 15 is 0 Å². The first kappa shape index (κ1) is 8.60. The second kappa shape index (κ2) is 3.26. The highest BCUT2D eigenvalue weighted by atomic mass is 32.3. The van der Waals surface area contributed by atoms with Crippen LogP contribution in [0.15, 0.2) is 24.5 Å². The van der Waals surface area contributed by atoms with Crippen LogP contribution in [-0.4, -0.2) is 23.8 Å². The van der Waals surface area contributed by atoms with Gasteiger partial charge in [0.15, 0.2) is 0 Å². The summed E-state index contributed by atoms with van der Waals surface area (Å²) in [6, 6.07) is 4.14. The molecule has 0 radical (unpaired) electrons. The lowest BCUT2D eigenvalue weighted by atomic mass is 10.3. The van der Waals surface area contributed by atoms with Gasteiger partial charge in [-0.05, 0) is 30.4 Å². The lowest BCUT2D eigenvalue weighted by Crippen LogP contribution is -1.96. The van der Waals surface area contributed by atoms with Crippen LogP contribution in [0.25, 0.3) is 0 Å². The SMILES string of the molecule is CS(C)(C)Cc1cccnc1. The average Bonchev–Trinajstić information content (AvgIpc) is 1.85. The van der Waals surface area contributed by atoms with Gasteiger partial charge in [-0.25, -0.2) is 10.0 Å². The van der Waals surface area contributed by atoms with Gasteiger partial charge in [-0.3, -0.25) is 4.98 Å². The first-order valence-electron chi connectivity index (χ1n) is 3.63. The highest BCUT2D eigenvalue weighted by molar-refractivity contribution is 8.31. The Kier molecular flexibility index (Phi) is 2.55. The summed E-state index contributed by atoms with van der Waals surface area (Å²) in [7, 11) is -0.417. The number of hydrogen-bond donors (Lipinski definition) is 0. The van der Waals surface area contributed by atoms with Gasteiger partial charge in [0.1, 0.15) is 0 Å². The summed E-state index contributed by atoms with van der Waals surface area (Å²) >= 11 is 0. The molecular formula is C9H15NS. The summed E-state index contributed by atoms with van der Waals surface area (Å²) in [5.41, 5.74) is 1.36. The molecule has 0 spiro atoms. The van der Waals surface area contributed by atoms with E-state index in [1.165, 1.54) is 11.3 Å². The van der Waals surface area contributed by atoms with Crippen molar-refractivity contribution in [3.63, 3.8) is 0 Å². The van der Waals surface area contributed by atoms with Gasteiger partial charge in [0, 0.05) is 18.1 Å². The minimum absolute atomic E-state index is 0.417. The van der Waals surface area contributed by atoms with Crippen LogP contribution in [0.4, 0.5) is 0 Å². The zero-order valence-corrected chi connectivity index (χ0v) is 8.19. The third-order valence-corrected chi connectivity index (χ3v) is 2.52. The minimum Gasteiger partial charge on any atom is -0.264 e. The molecule has 1 heterocycles. The van der Waals surface area contributed by atoms with Crippen molar-refractivity contribution in [1.82, 2.24) is 4.98 Å². The van der Waals surface area contributed by atoms with Crippen LogP contribution >= 0.6 is 10.0 Å². The van der Waals surface area contributed by atoms with Gasteiger partial charge in [0.2, 0.25) is 0 Å². The summed E-state index contributed by atoms with van der Waals surface area (Å²) in [4.78, 5) is 4.08. The van der Waals surface area contributed by atoms with Crippen LogP contribution < -0.4 is 0 Å². The Morgan fingerprint density at radius 1 is 1.36 bits per heavy atom. The summed E-state index contributed by atoms with van der Waals surface area (Å²) in [5, 5.41) is 0. The topological polar surface area (TPSA) is 12.9 Å². The molecular weight excluding hydrogens is 154 g/mol. The van der Waals surface area contributed by atoms with E-state index in [0.29, 0.717) is 0 Å². The van der Waals surface area contributed by atoms with Gasteiger partial charge < -0.3 is 0 Å². The molecule has 1 aromatic rings. The molecule has 0 amide bonds. The second-order valence-electron chi connectivity index (χ2n) is 3.60. The van der Waals surface area contributed by atoms with Gasteiger partial charge >= 0.3 is 0 Å². The fourth-order valence-corrected chi connectivity index (χ4v) is 2.15. The number of pyridine rings is 1. The third kappa shape index (κ3) is 3.42. The van der Waals surface area contributed by atoms with Crippen LogP contribution in [0.1, 0.15) is 5.56 Å². The molecule has 0 saturated heterocycles. The molecule has 0 bridgehead atoms. The van der Waals surface area contributed by atoms with E-state index in [0.717, 1.165) is 0 Å². The Morgan fingerprint density at radius 2 is 2.09 bits per heavy atom. The minimum atomic E-state index is -0.417. The molecule has 0 unspecified atom stereocenters. The lowest BCUT2D eigenvalue weighted by molar-refractivity contribution is 1.25. The van der Waals surface area contributed by atoms with Crippen molar-refractivity contribution in [2.45, 2.75) is 5.75 Å². The molecule has 0 aliphatic carbocycles. The predicted octanol–water partition coefficient (Wildman–Crippen LogP) is 2.28. The first-order chi connectivity index (χ1) is 5.08. The number of rotatable bonds is 2. The van der Waals surface area contributed by atoms with E-state index in [1.54, 1.807) is 0 Å². The van der Waals surface area contributed by atoms with Gasteiger partial charge in [0.05, 0.1) is 0 Å². The Labute approximate surface area is 70.2 Å². The molecule has 11 heavy (non-hydrogen) atoms. The van der Waals surface area contributed by atoms with Crippen molar-refractivity contribution in [2.75, 3.05) is 18.8 Å². The number of nitrogens with zero attached hydrogens (tertiary/aromatic N) is 1. The van der Waals surface area contributed by atoms with Crippen LogP contribution in [0.3, 0.4) is 0 Å². The normalized spacial score (nSPS) is 13.0. The molecule has 0 aliphatic rings. The molecule has 2 heteroatoms. The fourth-order valence-electron chi connectivity index (χ4n) is 0.984. The maximum absolute atomic E-state index is 4.08. The smallest absolute Gasteiger partial charge is 0.0307 e. The molecule has 0 saturated carbocycles. The van der Waals surface area contributed by atoms with E-state index < -0.39 is 10.0 Å². The standard InChI is InChI=1S/C9H15NS/c1-11(2,3)8-9-5-4-6-10-7-9/h4-7H,8H2,1-3H3. The van der Waals surface area contributed by atoms with Gasteiger partial charge in [-0.1, -0.05) is 6.07 Å². The molecule has 1 rings (SSSR count). The molecule has 1 nitrogen and oxygen atoms in total. The van der Waals surface area contributed by atoms with E-state index in [9.17, 15) is 0 Å². The molecule has 62 valence electrons. The zero-order chi connectivity index (χ0) is 8.32. The van der Waals surface area contributed by atoms with Crippen LogP contribution in [-0.2, 0) is 5.75 Å². The van der Waals surface area contributed by atoms with Crippen molar-refractivity contribution in [3.05, 3.63) is 30.1 Å². The largest absolute Gasteiger partial charge is 0.264 e. The van der Waals surface area contributed by atoms with E-state index in [4.69, 9.17) is 0 Å². The Bertz CT molecular complexity index is 213. The van der Waals surface area contributed by atoms with Gasteiger partial charge in [-0.2, -0.15) is 0 Å². The highest BCUT2D eigenvalue weighted by Crippen LogP contribution is 2.38. The van der Waals surface area contributed by atoms with E-state index in [-0.39, 0.29) is 0 Å². The Hall–Kier alpha value is -0.500. The van der Waals surface area contributed by atoms with Gasteiger partial charge in [-0.15, -0.1) is 0 Å². The first-order valence-corrected chi connectivity index (χ1v) is 6.65. The number of hydrogen-bond acceptors (Lipinski definition) is 1. The van der Waals surface area contributed by atoms with Crippen LogP contribution in [0, 0.1) is 0 Å². The van der Waals surface area contributed by atoms with Crippen molar-refractivity contribution < 1.29 is 0 Å². The van der Waals surface area contributed by atoms with Crippen molar-refractivity contribution >= 4 is 10.0 Å². The second-order valence-corrected chi connectivity index (χ2v) is 8.07. The fraction of sp³-hybridized carbons (Fsp3) is 0.444. The van der Waals surface area contributed by atoms with E-state index in [2.05, 4.69) is 29.8 Å². The predicted molar refractivity (Wildman–Crippen MR) is 53.3 cm³/mol. The molecule has 0 N–H and O–H groups in total. The summed E-state index contributed by atoms with van der Waals surface area (Å²) in [5.74, 6) is 1.18. The van der Waals surface area contributed by atoms with Gasteiger partial charge in [0.25, 0.3) is 0 Å². The summed E-state index contributed by atoms with van der Waals surface area (Å²) in [6.45, 7) is 0. The summed E-state index contributed by atoms with van der Waals surface area (Å²) < 4.78 is 0. The van der Waals surface area contributed by atoms with Crippen molar-refractivity contribution in [1.29, 1.82) is 0 Å². The molecule has 0 aliphatic heterocycles. The quantitative estimate of drug-likeness (QED) is 0.662. The summed E-state index contributed by atoms with van der Waals surface area (Å²) in [6.07, 6.45) is 10.7. The molecule has 0 fully saturated rings. The zero-order valence-electron chi connectivity index (χ0n) is 7.37. The monoisotopic (exact) mass is 169 g/mol. The van der Waals surface area contributed by atoms with Crippen molar-refractivity contribution in [3.8, 4) is 0 Å². The Morgan fingerprint density at radius 3 is 2.55 bits per heavy atom. The van der Waals surface area contributed by atoms with Crippen molar-refractivity contribution in [2.24, 2.45) is 0 Å². The molecule has 1 aromatic heterocycles. The third-order valence-electron chi connectivity index (χ3n) is 1.32. The molecule has 0 aromatic carbocycles. The van der Waals surface area contributed by atoms with Crippen LogP contribution in [0.5, 0.6) is 0 Å². The highest BCUT2D eigenvalue weighted by Gasteiger charge is 2.04. The maximum Gasteiger partial charge on any atom is 0.0307 e. The Balaban J connectivity index is 2.66. The maximum atomic E-state index is 4.08. The van der Waals surface area contributed by atoms with Crippen LogP contribution in [0.2, 0.25) is 0 Å². The molecule has 0 atom stereocenters. The number of aromatic nitrogens is 1. The average molecular weight is 169 g/mol. The van der Waals surface area contributed by atoms with E-state index in [1.807, 2.05) is 18.5 Å².